The number of aromatic nitrogens is 2. The average molecular weight is 353 g/mol. The Balaban J connectivity index is 1.64. The van der Waals surface area contributed by atoms with E-state index in [1.54, 1.807) is 6.07 Å². The van der Waals surface area contributed by atoms with Gasteiger partial charge in [0.15, 0.2) is 0 Å². The Bertz CT molecular complexity index is 811. The summed E-state index contributed by atoms with van der Waals surface area (Å²) in [5.74, 6) is 0.525. The van der Waals surface area contributed by atoms with E-state index in [1.807, 2.05) is 31.2 Å². The lowest BCUT2D eigenvalue weighted by molar-refractivity contribution is -0.122. The molecule has 1 aromatic heterocycles. The molecule has 0 radical (unpaired) electrons. The third-order valence-electron chi connectivity index (χ3n) is 5.22. The van der Waals surface area contributed by atoms with Gasteiger partial charge >= 0.3 is 0 Å². The highest BCUT2D eigenvalue weighted by Crippen LogP contribution is 2.23. The van der Waals surface area contributed by atoms with E-state index in [0.717, 1.165) is 17.7 Å². The largest absolute Gasteiger partial charge is 0.353 e. The summed E-state index contributed by atoms with van der Waals surface area (Å²) in [4.78, 5) is 24.4. The van der Waals surface area contributed by atoms with Crippen molar-refractivity contribution in [3.63, 3.8) is 0 Å². The highest BCUT2D eigenvalue weighted by Gasteiger charge is 2.22. The van der Waals surface area contributed by atoms with Gasteiger partial charge in [0.2, 0.25) is 5.91 Å². The van der Waals surface area contributed by atoms with Crippen LogP contribution in [0.25, 0.3) is 11.3 Å². The van der Waals surface area contributed by atoms with Crippen molar-refractivity contribution in [2.45, 2.75) is 58.5 Å². The molecule has 3 rings (SSSR count). The fourth-order valence-electron chi connectivity index (χ4n) is 3.50. The van der Waals surface area contributed by atoms with E-state index in [9.17, 15) is 9.59 Å². The van der Waals surface area contributed by atoms with Gasteiger partial charge in [0.25, 0.3) is 5.56 Å². The summed E-state index contributed by atoms with van der Waals surface area (Å²) in [7, 11) is 0. The Morgan fingerprint density at radius 2 is 1.88 bits per heavy atom. The van der Waals surface area contributed by atoms with E-state index < -0.39 is 0 Å². The Kier molecular flexibility index (Phi) is 5.86. The van der Waals surface area contributed by atoms with Gasteiger partial charge < -0.3 is 5.32 Å². The van der Waals surface area contributed by atoms with Crippen molar-refractivity contribution < 1.29 is 4.79 Å². The summed E-state index contributed by atoms with van der Waals surface area (Å²) in [6.45, 7) is 4.52. The van der Waals surface area contributed by atoms with Crippen molar-refractivity contribution in [3.05, 3.63) is 52.3 Å². The molecule has 1 saturated carbocycles. The van der Waals surface area contributed by atoms with Crippen LogP contribution in [0.4, 0.5) is 0 Å². The molecular formula is C21H27N3O2. The van der Waals surface area contributed by atoms with E-state index in [-0.39, 0.29) is 23.9 Å². The van der Waals surface area contributed by atoms with Gasteiger partial charge in [0, 0.05) is 24.1 Å². The molecule has 0 aliphatic heterocycles. The van der Waals surface area contributed by atoms with Crippen LogP contribution < -0.4 is 10.9 Å². The highest BCUT2D eigenvalue weighted by atomic mass is 16.2. The minimum Gasteiger partial charge on any atom is -0.353 e. The third kappa shape index (κ3) is 4.59. The van der Waals surface area contributed by atoms with Gasteiger partial charge in [-0.15, -0.1) is 0 Å². The lowest BCUT2D eigenvalue weighted by Gasteiger charge is -2.29. The first kappa shape index (κ1) is 18.4. The number of nitrogens with one attached hydrogen (secondary N) is 1. The Labute approximate surface area is 154 Å². The molecule has 0 saturated heterocycles. The van der Waals surface area contributed by atoms with Crippen LogP contribution >= 0.6 is 0 Å². The first-order valence-corrected chi connectivity index (χ1v) is 9.47. The fourth-order valence-corrected chi connectivity index (χ4v) is 3.50. The zero-order valence-electron chi connectivity index (χ0n) is 15.6. The molecule has 2 aromatic rings. The molecule has 138 valence electrons. The predicted octanol–water partition coefficient (Wildman–Crippen LogP) is 3.30. The topological polar surface area (TPSA) is 64.0 Å². The maximum atomic E-state index is 12.3. The normalized spacial score (nSPS) is 19.9. The molecule has 5 heteroatoms. The highest BCUT2D eigenvalue weighted by molar-refractivity contribution is 5.76. The SMILES string of the molecule is Cc1ccc(-c2ccc(=O)n(CCC(=O)NC3CCCCC3C)n2)cc1. The Hall–Kier alpha value is -2.43. The van der Waals surface area contributed by atoms with Crippen LogP contribution in [0.5, 0.6) is 0 Å². The molecule has 1 heterocycles. The standard InChI is InChI=1S/C21H27N3O2/c1-15-7-9-17(10-8-15)19-11-12-21(26)24(23-19)14-13-20(25)22-18-6-4-3-5-16(18)2/h7-12,16,18H,3-6,13-14H2,1-2H3,(H,22,25). The maximum Gasteiger partial charge on any atom is 0.266 e. The summed E-state index contributed by atoms with van der Waals surface area (Å²) < 4.78 is 1.39. The lowest BCUT2D eigenvalue weighted by Crippen LogP contribution is -2.41. The second kappa shape index (κ2) is 8.30. The van der Waals surface area contributed by atoms with Gasteiger partial charge in [-0.1, -0.05) is 49.6 Å². The zero-order chi connectivity index (χ0) is 18.5. The molecular weight excluding hydrogens is 326 g/mol. The van der Waals surface area contributed by atoms with E-state index in [4.69, 9.17) is 0 Å². The van der Waals surface area contributed by atoms with Crippen LogP contribution in [0.2, 0.25) is 0 Å². The summed E-state index contributed by atoms with van der Waals surface area (Å²) >= 11 is 0. The maximum absolute atomic E-state index is 12.3. The summed E-state index contributed by atoms with van der Waals surface area (Å²) in [5.41, 5.74) is 2.70. The van der Waals surface area contributed by atoms with Crippen molar-refractivity contribution >= 4 is 5.91 Å². The minimum absolute atomic E-state index is 0.00168. The molecule has 0 spiro atoms. The number of amides is 1. The van der Waals surface area contributed by atoms with Gasteiger partial charge in [-0.3, -0.25) is 9.59 Å². The molecule has 1 N–H and O–H groups in total. The van der Waals surface area contributed by atoms with Gasteiger partial charge in [-0.25, -0.2) is 4.68 Å². The number of hydrogen-bond acceptors (Lipinski definition) is 3. The van der Waals surface area contributed by atoms with Crippen LogP contribution in [0.15, 0.2) is 41.2 Å². The first-order valence-electron chi connectivity index (χ1n) is 9.47. The Morgan fingerprint density at radius 3 is 2.62 bits per heavy atom. The minimum atomic E-state index is -0.181. The van der Waals surface area contributed by atoms with Crippen LogP contribution in [0.1, 0.15) is 44.6 Å². The fraction of sp³-hybridized carbons (Fsp3) is 0.476. The molecule has 1 aliphatic carbocycles. The van der Waals surface area contributed by atoms with E-state index in [2.05, 4.69) is 17.3 Å². The molecule has 5 nitrogen and oxygen atoms in total. The second-order valence-electron chi connectivity index (χ2n) is 7.33. The summed E-state index contributed by atoms with van der Waals surface area (Å²) in [5, 5.41) is 7.56. The van der Waals surface area contributed by atoms with Crippen molar-refractivity contribution in [3.8, 4) is 11.3 Å². The van der Waals surface area contributed by atoms with Crippen LogP contribution in [0.3, 0.4) is 0 Å². The smallest absolute Gasteiger partial charge is 0.266 e. The second-order valence-corrected chi connectivity index (χ2v) is 7.33. The summed E-state index contributed by atoms with van der Waals surface area (Å²) in [6.07, 6.45) is 4.92. The van der Waals surface area contributed by atoms with E-state index in [1.165, 1.54) is 35.6 Å². The molecule has 0 bridgehead atoms. The predicted molar refractivity (Wildman–Crippen MR) is 103 cm³/mol. The van der Waals surface area contributed by atoms with Gasteiger partial charge in [0.1, 0.15) is 0 Å². The number of aryl methyl sites for hydroxylation is 2. The van der Waals surface area contributed by atoms with Gasteiger partial charge in [0.05, 0.1) is 12.2 Å². The third-order valence-corrected chi connectivity index (χ3v) is 5.22. The quantitative estimate of drug-likeness (QED) is 0.897. The number of benzene rings is 1. The number of hydrogen-bond donors (Lipinski definition) is 1. The van der Waals surface area contributed by atoms with Crippen molar-refractivity contribution in [1.29, 1.82) is 0 Å². The van der Waals surface area contributed by atoms with Crippen LogP contribution in [0, 0.1) is 12.8 Å². The molecule has 1 aromatic carbocycles. The number of nitrogens with zero attached hydrogens (tertiary/aromatic N) is 2. The van der Waals surface area contributed by atoms with E-state index in [0.29, 0.717) is 12.5 Å². The lowest BCUT2D eigenvalue weighted by atomic mass is 9.86. The first-order chi connectivity index (χ1) is 12.5. The van der Waals surface area contributed by atoms with Crippen molar-refractivity contribution in [2.75, 3.05) is 0 Å². The van der Waals surface area contributed by atoms with Gasteiger partial charge in [-0.2, -0.15) is 5.10 Å². The number of carbonyl (C=O) groups excluding carboxylic acids is 1. The van der Waals surface area contributed by atoms with Gasteiger partial charge in [-0.05, 0) is 31.7 Å². The number of carbonyl (C=O) groups is 1. The molecule has 26 heavy (non-hydrogen) atoms. The zero-order valence-corrected chi connectivity index (χ0v) is 15.6. The molecule has 2 unspecified atom stereocenters. The van der Waals surface area contributed by atoms with Crippen LogP contribution in [-0.4, -0.2) is 21.7 Å². The van der Waals surface area contributed by atoms with Crippen molar-refractivity contribution in [1.82, 2.24) is 15.1 Å². The average Bonchev–Trinajstić information content (AvgIpc) is 2.64. The molecule has 1 amide bonds. The monoisotopic (exact) mass is 353 g/mol. The molecule has 2 atom stereocenters. The number of rotatable bonds is 5. The van der Waals surface area contributed by atoms with E-state index >= 15 is 0 Å². The molecule has 1 aliphatic rings. The van der Waals surface area contributed by atoms with Crippen molar-refractivity contribution in [2.24, 2.45) is 5.92 Å². The Morgan fingerprint density at radius 1 is 1.15 bits per heavy atom. The van der Waals surface area contributed by atoms with Crippen LogP contribution in [-0.2, 0) is 11.3 Å². The summed E-state index contributed by atoms with van der Waals surface area (Å²) in [6, 6.07) is 11.5. The molecule has 1 fully saturated rings.